The third-order valence-electron chi connectivity index (χ3n) is 2.63. The van der Waals surface area contributed by atoms with E-state index in [-0.39, 0.29) is 0 Å². The van der Waals surface area contributed by atoms with E-state index in [1.807, 2.05) is 6.07 Å². The summed E-state index contributed by atoms with van der Waals surface area (Å²) in [6.45, 7) is 3.16. The van der Waals surface area contributed by atoms with Crippen LogP contribution in [0.1, 0.15) is 31.9 Å². The van der Waals surface area contributed by atoms with E-state index in [1.165, 1.54) is 18.4 Å². The highest BCUT2D eigenvalue weighted by atomic mass is 79.9. The van der Waals surface area contributed by atoms with Crippen molar-refractivity contribution in [1.29, 1.82) is 0 Å². The van der Waals surface area contributed by atoms with Crippen LogP contribution in [0.15, 0.2) is 26.8 Å². The first-order chi connectivity index (χ1) is 7.29. The molecule has 0 amide bonds. The average molecular weight is 270 g/mol. The molecular weight excluding hydrogens is 254 g/mol. The van der Waals surface area contributed by atoms with Gasteiger partial charge in [0.05, 0.1) is 10.7 Å². The molecule has 82 valence electrons. The number of furan rings is 1. The first-order valence-corrected chi connectivity index (χ1v) is 6.24. The predicted molar refractivity (Wildman–Crippen MR) is 65.7 cm³/mol. The zero-order valence-electron chi connectivity index (χ0n) is 8.92. The Kier molecular flexibility index (Phi) is 3.65. The molecule has 0 aliphatic heterocycles. The van der Waals surface area contributed by atoms with E-state index in [9.17, 15) is 0 Å². The minimum atomic E-state index is 0.764. The van der Waals surface area contributed by atoms with Gasteiger partial charge in [0.2, 0.25) is 0 Å². The minimum Gasteiger partial charge on any atom is -0.464 e. The molecule has 0 atom stereocenters. The van der Waals surface area contributed by atoms with E-state index >= 15 is 0 Å². The zero-order chi connectivity index (χ0) is 10.7. The van der Waals surface area contributed by atoms with Crippen molar-refractivity contribution in [2.45, 2.75) is 32.2 Å². The Labute approximate surface area is 98.9 Å². The molecule has 1 aromatic heterocycles. The lowest BCUT2D eigenvalue weighted by Gasteiger charge is -2.05. The van der Waals surface area contributed by atoms with Gasteiger partial charge in [-0.1, -0.05) is 12.5 Å². The largest absolute Gasteiger partial charge is 0.464 e. The van der Waals surface area contributed by atoms with Crippen molar-refractivity contribution in [3.63, 3.8) is 0 Å². The summed E-state index contributed by atoms with van der Waals surface area (Å²) in [5.74, 6) is 0.921. The van der Waals surface area contributed by atoms with Crippen LogP contribution in [-0.2, 0) is 0 Å². The molecule has 0 bridgehead atoms. The Morgan fingerprint density at radius 2 is 2.47 bits per heavy atom. The molecule has 3 heteroatoms. The van der Waals surface area contributed by atoms with E-state index in [2.05, 4.69) is 34.2 Å². The molecule has 0 unspecified atom stereocenters. The molecule has 1 saturated carbocycles. The van der Waals surface area contributed by atoms with Crippen molar-refractivity contribution >= 4 is 22.0 Å². The average Bonchev–Trinajstić information content (AvgIpc) is 2.98. The highest BCUT2D eigenvalue weighted by Crippen LogP contribution is 2.22. The zero-order valence-corrected chi connectivity index (χ0v) is 10.5. The summed E-state index contributed by atoms with van der Waals surface area (Å²) in [6.07, 6.45) is 7.56. The molecule has 1 aliphatic rings. The summed E-state index contributed by atoms with van der Waals surface area (Å²) < 4.78 is 6.40. The van der Waals surface area contributed by atoms with Crippen LogP contribution < -0.4 is 5.32 Å². The van der Waals surface area contributed by atoms with E-state index < -0.39 is 0 Å². The molecule has 0 radical (unpaired) electrons. The maximum Gasteiger partial charge on any atom is 0.140 e. The monoisotopic (exact) mass is 269 g/mol. The van der Waals surface area contributed by atoms with Gasteiger partial charge in [-0.3, -0.25) is 0 Å². The Balaban J connectivity index is 1.97. The van der Waals surface area contributed by atoms with Gasteiger partial charge in [-0.15, -0.1) is 0 Å². The molecule has 1 heterocycles. The Morgan fingerprint density at radius 3 is 3.00 bits per heavy atom. The third-order valence-corrected chi connectivity index (χ3v) is 3.28. The first kappa shape index (κ1) is 11.0. The lowest BCUT2D eigenvalue weighted by atomic mass is 10.1. The lowest BCUT2D eigenvalue weighted by molar-refractivity contribution is 0.554. The minimum absolute atomic E-state index is 0.764. The van der Waals surface area contributed by atoms with Crippen molar-refractivity contribution in [2.24, 2.45) is 0 Å². The molecule has 2 rings (SSSR count). The van der Waals surface area contributed by atoms with Crippen LogP contribution in [0.5, 0.6) is 0 Å². The Bertz CT molecular complexity index is 352. The van der Waals surface area contributed by atoms with Crippen molar-refractivity contribution < 1.29 is 4.42 Å². The van der Waals surface area contributed by atoms with Gasteiger partial charge in [0.25, 0.3) is 0 Å². The predicted octanol–water partition coefficient (Wildman–Crippen LogP) is 3.59. The van der Waals surface area contributed by atoms with Crippen LogP contribution in [0.4, 0.5) is 0 Å². The van der Waals surface area contributed by atoms with Crippen molar-refractivity contribution in [1.82, 2.24) is 5.32 Å². The standard InChI is InChI=1S/C12H16BrNO/c1-2-9(8-14-10-3-4-10)7-12-11(13)5-6-15-12/h5-7,10,14H,2-4,8H2,1H3/b9-7-. The van der Waals surface area contributed by atoms with Crippen LogP contribution in [0, 0.1) is 0 Å². The highest BCUT2D eigenvalue weighted by Gasteiger charge is 2.20. The second kappa shape index (κ2) is 4.99. The van der Waals surface area contributed by atoms with Gasteiger partial charge >= 0.3 is 0 Å². The SMILES string of the molecule is CC/C(=C/c1occc1Br)CNC1CC1. The quantitative estimate of drug-likeness (QED) is 0.884. The maximum absolute atomic E-state index is 5.37. The fourth-order valence-corrected chi connectivity index (χ4v) is 1.75. The van der Waals surface area contributed by atoms with E-state index in [0.717, 1.165) is 29.2 Å². The molecule has 15 heavy (non-hydrogen) atoms. The lowest BCUT2D eigenvalue weighted by Crippen LogP contribution is -2.18. The number of rotatable bonds is 5. The fourth-order valence-electron chi connectivity index (χ4n) is 1.43. The molecule has 2 nitrogen and oxygen atoms in total. The first-order valence-electron chi connectivity index (χ1n) is 5.45. The van der Waals surface area contributed by atoms with E-state index in [1.54, 1.807) is 6.26 Å². The number of hydrogen-bond donors (Lipinski definition) is 1. The number of nitrogens with one attached hydrogen (secondary N) is 1. The molecule has 1 N–H and O–H groups in total. The van der Waals surface area contributed by atoms with Crippen LogP contribution in [-0.4, -0.2) is 12.6 Å². The topological polar surface area (TPSA) is 25.2 Å². The van der Waals surface area contributed by atoms with Gasteiger partial charge in [0, 0.05) is 12.6 Å². The molecule has 1 aliphatic carbocycles. The second-order valence-electron chi connectivity index (χ2n) is 3.94. The summed E-state index contributed by atoms with van der Waals surface area (Å²) in [5, 5.41) is 3.51. The Morgan fingerprint density at radius 1 is 1.67 bits per heavy atom. The van der Waals surface area contributed by atoms with Crippen LogP contribution >= 0.6 is 15.9 Å². The summed E-state index contributed by atoms with van der Waals surface area (Å²) >= 11 is 3.46. The van der Waals surface area contributed by atoms with Gasteiger partial charge in [-0.25, -0.2) is 0 Å². The summed E-state index contributed by atoms with van der Waals surface area (Å²) in [4.78, 5) is 0. The van der Waals surface area contributed by atoms with Gasteiger partial charge < -0.3 is 9.73 Å². The Hall–Kier alpha value is -0.540. The molecule has 0 spiro atoms. The van der Waals surface area contributed by atoms with Crippen LogP contribution in [0.3, 0.4) is 0 Å². The summed E-state index contributed by atoms with van der Waals surface area (Å²) in [6, 6.07) is 2.69. The van der Waals surface area contributed by atoms with E-state index in [0.29, 0.717) is 0 Å². The summed E-state index contributed by atoms with van der Waals surface area (Å²) in [5.41, 5.74) is 1.39. The molecule has 0 aromatic carbocycles. The van der Waals surface area contributed by atoms with Gasteiger partial charge in [-0.2, -0.15) is 0 Å². The van der Waals surface area contributed by atoms with Gasteiger partial charge in [0.15, 0.2) is 0 Å². The molecule has 1 aromatic rings. The van der Waals surface area contributed by atoms with Crippen LogP contribution in [0.25, 0.3) is 6.08 Å². The van der Waals surface area contributed by atoms with Gasteiger partial charge in [-0.05, 0) is 47.3 Å². The van der Waals surface area contributed by atoms with Gasteiger partial charge in [0.1, 0.15) is 5.76 Å². The number of halogens is 1. The third kappa shape index (κ3) is 3.21. The van der Waals surface area contributed by atoms with Crippen molar-refractivity contribution in [3.05, 3.63) is 28.1 Å². The smallest absolute Gasteiger partial charge is 0.140 e. The fraction of sp³-hybridized carbons (Fsp3) is 0.500. The second-order valence-corrected chi connectivity index (χ2v) is 4.80. The van der Waals surface area contributed by atoms with Crippen molar-refractivity contribution in [2.75, 3.05) is 6.54 Å². The van der Waals surface area contributed by atoms with Crippen molar-refractivity contribution in [3.8, 4) is 0 Å². The maximum atomic E-state index is 5.37. The summed E-state index contributed by atoms with van der Waals surface area (Å²) in [7, 11) is 0. The molecule has 0 saturated heterocycles. The van der Waals surface area contributed by atoms with E-state index in [4.69, 9.17) is 4.42 Å². The molecule has 1 fully saturated rings. The number of hydrogen-bond acceptors (Lipinski definition) is 2. The molecular formula is C12H16BrNO. The van der Waals surface area contributed by atoms with Crippen LogP contribution in [0.2, 0.25) is 0 Å². The highest BCUT2D eigenvalue weighted by molar-refractivity contribution is 9.10. The normalized spacial score (nSPS) is 17.1.